The van der Waals surface area contributed by atoms with Crippen LogP contribution in [0.2, 0.25) is 0 Å². The molecule has 15 aromatic carbocycles. The first-order chi connectivity index (χ1) is 60.5. The van der Waals surface area contributed by atoms with E-state index in [4.69, 9.17) is 24.9 Å². The summed E-state index contributed by atoms with van der Waals surface area (Å²) in [6.45, 7) is 0. The summed E-state index contributed by atoms with van der Waals surface area (Å²) in [5.74, 6) is 3.23. The van der Waals surface area contributed by atoms with Gasteiger partial charge < -0.3 is 0 Å². The van der Waals surface area contributed by atoms with Crippen molar-refractivity contribution in [1.82, 2.24) is 59.0 Å². The highest BCUT2D eigenvalue weighted by molar-refractivity contribution is 5.84. The molecule has 622 valence electrons. The van der Waals surface area contributed by atoms with E-state index in [-0.39, 0.29) is 37.1 Å². The van der Waals surface area contributed by atoms with Gasteiger partial charge in [0, 0.05) is 90.8 Å². The van der Waals surface area contributed by atoms with Crippen LogP contribution >= 0.6 is 0 Å². The molecular formula is C115H102N12. The van der Waals surface area contributed by atoms with Crippen molar-refractivity contribution in [3.05, 3.63) is 498 Å². The Morgan fingerprint density at radius 3 is 0.843 bits per heavy atom. The molecule has 22 rings (SSSR count). The van der Waals surface area contributed by atoms with Crippen molar-refractivity contribution in [2.24, 2.45) is 0 Å². The summed E-state index contributed by atoms with van der Waals surface area (Å²) in [6.07, 6.45) is 7.28. The third kappa shape index (κ3) is 24.1. The van der Waals surface area contributed by atoms with E-state index < -0.39 is 0 Å². The van der Waals surface area contributed by atoms with Gasteiger partial charge in [-0.15, -0.1) is 0 Å². The lowest BCUT2D eigenvalue weighted by Gasteiger charge is -2.09. The molecule has 0 atom stereocenters. The van der Waals surface area contributed by atoms with E-state index in [0.29, 0.717) is 0 Å². The van der Waals surface area contributed by atoms with Gasteiger partial charge >= 0.3 is 0 Å². The van der Waals surface area contributed by atoms with Gasteiger partial charge in [-0.25, -0.2) is 39.9 Å². The molecule has 0 bridgehead atoms. The van der Waals surface area contributed by atoms with Crippen molar-refractivity contribution >= 4 is 43.9 Å². The molecule has 0 aliphatic carbocycles. The fourth-order valence-corrected chi connectivity index (χ4v) is 13.6. The molecule has 12 heteroatoms. The highest BCUT2D eigenvalue weighted by atomic mass is 15.1. The van der Waals surface area contributed by atoms with E-state index in [9.17, 15) is 0 Å². The number of hydrogen-bond donors (Lipinski definition) is 0. The molecule has 0 amide bonds. The van der Waals surface area contributed by atoms with Gasteiger partial charge in [-0.3, -0.25) is 19.1 Å². The van der Waals surface area contributed by atoms with Crippen LogP contribution in [0, 0.1) is 0 Å². The number of pyridine rings is 2. The second-order valence-corrected chi connectivity index (χ2v) is 27.9. The van der Waals surface area contributed by atoms with E-state index in [1.165, 1.54) is 10.8 Å². The Balaban J connectivity index is 0.000000145. The standard InChI is InChI=1S/2C22H16N2.C19H14N2.C16H12N2.C13H10N2.2C9H7N.5CH4/c2*1-4-10-17(11-5-1)20-16-21(18-12-6-2-7-13-18)24-22(23-20)19-14-8-3-9-15-19;1-3-9-15(10-4-1)19-20-17-13-7-8-14-18(17)21(19)16-11-5-2-6-12-16;1-3-7-13(8-4-1)15-11-12-17-16(18-15)14-9-5-2-6-10-14;1-2-6-11(7-3-1)15-10-14-12-8-4-5-9-13(12)15;2*1-2-6-9-8(4-1)5-3-7-10-9;;;;;/h2*1-16H;1-14H;1-12H;1-10H;2*1-7H;5*1H4. The lowest BCUT2D eigenvalue weighted by molar-refractivity contribution is 1.09. The molecule has 7 aromatic heterocycles. The van der Waals surface area contributed by atoms with Crippen molar-refractivity contribution in [1.29, 1.82) is 0 Å². The number of fused-ring (bicyclic) bond motifs is 4. The minimum atomic E-state index is 0. The monoisotopic (exact) mass is 1650 g/mol. The average Bonchev–Trinajstić information content (AvgIpc) is 1.62. The van der Waals surface area contributed by atoms with Gasteiger partial charge in [0.25, 0.3) is 0 Å². The molecule has 0 spiro atoms. The average molecular weight is 1650 g/mol. The Morgan fingerprint density at radius 2 is 0.457 bits per heavy atom. The van der Waals surface area contributed by atoms with Crippen LogP contribution in [0.1, 0.15) is 37.1 Å². The van der Waals surface area contributed by atoms with Gasteiger partial charge in [-0.1, -0.05) is 419 Å². The quantitative estimate of drug-likeness (QED) is 0.123. The number of para-hydroxylation sites is 8. The van der Waals surface area contributed by atoms with Gasteiger partial charge in [0.15, 0.2) is 17.5 Å². The van der Waals surface area contributed by atoms with Crippen molar-refractivity contribution in [2.45, 2.75) is 37.1 Å². The summed E-state index contributed by atoms with van der Waals surface area (Å²) in [7, 11) is 0. The Hall–Kier alpha value is -16.7. The smallest absolute Gasteiger partial charge is 0.160 e. The van der Waals surface area contributed by atoms with E-state index >= 15 is 0 Å². The molecule has 0 fully saturated rings. The van der Waals surface area contributed by atoms with E-state index in [1.54, 1.807) is 6.20 Å². The molecule has 0 unspecified atom stereocenters. The Kier molecular flexibility index (Phi) is 33.6. The largest absolute Gasteiger partial charge is 0.299 e. The fourth-order valence-electron chi connectivity index (χ4n) is 13.6. The maximum atomic E-state index is 4.82. The molecule has 127 heavy (non-hydrogen) atoms. The second-order valence-electron chi connectivity index (χ2n) is 27.9. The number of rotatable bonds is 11. The van der Waals surface area contributed by atoms with E-state index in [1.807, 2.05) is 322 Å². The third-order valence-electron chi connectivity index (χ3n) is 19.7. The third-order valence-corrected chi connectivity index (χ3v) is 19.7. The summed E-state index contributed by atoms with van der Waals surface area (Å²) >= 11 is 0. The molecule has 0 saturated heterocycles. The molecule has 0 radical (unpaired) electrons. The van der Waals surface area contributed by atoms with Gasteiger partial charge in [-0.2, -0.15) is 0 Å². The van der Waals surface area contributed by atoms with Crippen LogP contribution in [0.15, 0.2) is 498 Å². The van der Waals surface area contributed by atoms with Gasteiger partial charge in [0.2, 0.25) is 0 Å². The Labute approximate surface area is 746 Å². The van der Waals surface area contributed by atoms with Crippen LogP contribution in [0.3, 0.4) is 0 Å². The molecule has 22 aromatic rings. The molecule has 0 aliphatic rings. The highest BCUT2D eigenvalue weighted by Crippen LogP contribution is 2.32. The maximum absolute atomic E-state index is 4.82. The van der Waals surface area contributed by atoms with Gasteiger partial charge in [0.1, 0.15) is 12.2 Å². The Bertz CT molecular complexity index is 6260. The molecular weight excluding hydrogens is 1550 g/mol. The van der Waals surface area contributed by atoms with Crippen LogP contribution in [0.5, 0.6) is 0 Å². The lowest BCUT2D eigenvalue weighted by Crippen LogP contribution is -1.96. The number of benzene rings is 15. The number of imidazole rings is 2. The van der Waals surface area contributed by atoms with Crippen molar-refractivity contribution in [2.75, 3.05) is 0 Å². The number of nitrogens with zero attached hydrogens (tertiary/aromatic N) is 12. The Morgan fingerprint density at radius 1 is 0.173 bits per heavy atom. The van der Waals surface area contributed by atoms with Crippen LogP contribution < -0.4 is 0 Å². The van der Waals surface area contributed by atoms with E-state index in [0.717, 1.165) is 146 Å². The van der Waals surface area contributed by atoms with Crippen molar-refractivity contribution in [3.8, 4) is 113 Å². The zero-order valence-electron chi connectivity index (χ0n) is 66.7. The number of aromatic nitrogens is 12. The zero-order chi connectivity index (χ0) is 82.4. The van der Waals surface area contributed by atoms with Crippen LogP contribution in [-0.4, -0.2) is 59.0 Å². The first kappa shape index (κ1) is 91.1. The molecule has 0 saturated carbocycles. The molecule has 7 heterocycles. The van der Waals surface area contributed by atoms with Crippen LogP contribution in [-0.2, 0) is 0 Å². The minimum Gasteiger partial charge on any atom is -0.299 e. The predicted molar refractivity (Wildman–Crippen MR) is 534 cm³/mol. The second kappa shape index (κ2) is 46.9. The van der Waals surface area contributed by atoms with Crippen LogP contribution in [0.25, 0.3) is 157 Å². The predicted octanol–water partition coefficient (Wildman–Crippen LogP) is 30.1. The van der Waals surface area contributed by atoms with Crippen LogP contribution in [0.4, 0.5) is 0 Å². The topological polar surface area (TPSA) is 139 Å². The van der Waals surface area contributed by atoms with E-state index in [2.05, 4.69) is 204 Å². The van der Waals surface area contributed by atoms with Gasteiger partial charge in [0.05, 0.1) is 61.6 Å². The summed E-state index contributed by atoms with van der Waals surface area (Å²) in [6, 6.07) is 159. The normalized spacial score (nSPS) is 10.0. The molecule has 0 aliphatic heterocycles. The lowest BCUT2D eigenvalue weighted by atomic mass is 10.1. The van der Waals surface area contributed by atoms with Gasteiger partial charge in [-0.05, 0) is 91.0 Å². The van der Waals surface area contributed by atoms with Crippen molar-refractivity contribution in [3.63, 3.8) is 0 Å². The SMILES string of the molecule is C.C.C.C.C.c1ccc(-c2cc(-c3ccccc3)nc(-c3ccccc3)n2)cc1.c1ccc(-c2cc(-c3ccccc3)nc(-c3ccccc3)n2)cc1.c1ccc(-c2ccnc(-c3ccccc3)n2)cc1.c1ccc(-c2nc3ccccc3n2-c2ccccc2)cc1.c1ccc(-n2cnc3ccccc32)cc1.c1ccc2ncccc2c1.c1ccc2ncccc2c1. The maximum Gasteiger partial charge on any atom is 0.160 e. The highest BCUT2D eigenvalue weighted by Gasteiger charge is 2.16. The zero-order valence-corrected chi connectivity index (χ0v) is 66.7. The van der Waals surface area contributed by atoms with Crippen molar-refractivity contribution < 1.29 is 0 Å². The minimum absolute atomic E-state index is 0. The summed E-state index contributed by atoms with van der Waals surface area (Å²) in [4.78, 5) is 45.6. The summed E-state index contributed by atoms with van der Waals surface area (Å²) in [5.41, 5.74) is 23.1. The first-order valence-corrected chi connectivity index (χ1v) is 40.3. The number of hydrogen-bond acceptors (Lipinski definition) is 10. The first-order valence-electron chi connectivity index (χ1n) is 40.3. The molecule has 0 N–H and O–H groups in total. The molecule has 12 nitrogen and oxygen atoms in total. The summed E-state index contributed by atoms with van der Waals surface area (Å²) < 4.78 is 4.31. The summed E-state index contributed by atoms with van der Waals surface area (Å²) in [5, 5.41) is 2.40. The fraction of sp³-hybridized carbons (Fsp3) is 0.0435.